The van der Waals surface area contributed by atoms with Crippen LogP contribution < -0.4 is 5.32 Å². The number of hydrogen-bond acceptors (Lipinski definition) is 4. The number of unbranched alkanes of at least 4 members (excludes halogenated alkanes) is 3. The van der Waals surface area contributed by atoms with Gasteiger partial charge in [-0.25, -0.2) is 0 Å². The number of hydrogen-bond donors (Lipinski definition) is 1. The Morgan fingerprint density at radius 3 is 2.78 bits per heavy atom. The normalized spacial score (nSPS) is 9.78. The summed E-state index contributed by atoms with van der Waals surface area (Å²) in [5.41, 5.74) is 0.643. The molecular weight excluding hydrogens is 230 g/mol. The van der Waals surface area contributed by atoms with Gasteiger partial charge in [0.25, 0.3) is 5.69 Å². The van der Waals surface area contributed by atoms with Crippen LogP contribution in [0.4, 0.5) is 11.4 Å². The molecule has 0 spiro atoms. The van der Waals surface area contributed by atoms with Gasteiger partial charge in [-0.1, -0.05) is 26.2 Å². The Hall–Kier alpha value is -2.09. The Kier molecular flexibility index (Phi) is 5.65. The molecule has 0 heterocycles. The van der Waals surface area contributed by atoms with Crippen molar-refractivity contribution in [1.82, 2.24) is 0 Å². The highest BCUT2D eigenvalue weighted by Crippen LogP contribution is 2.22. The van der Waals surface area contributed by atoms with E-state index in [-0.39, 0.29) is 11.3 Å². The third-order valence-electron chi connectivity index (χ3n) is 2.67. The van der Waals surface area contributed by atoms with Crippen LogP contribution in [-0.4, -0.2) is 11.5 Å². The number of anilines is 1. The first-order chi connectivity index (χ1) is 8.69. The molecule has 0 aliphatic rings. The van der Waals surface area contributed by atoms with Crippen LogP contribution in [0.1, 0.15) is 38.2 Å². The summed E-state index contributed by atoms with van der Waals surface area (Å²) in [5.74, 6) is 0. The molecule has 0 fully saturated rings. The molecule has 5 heteroatoms. The van der Waals surface area contributed by atoms with E-state index in [2.05, 4.69) is 12.2 Å². The van der Waals surface area contributed by atoms with Gasteiger partial charge in [0.05, 0.1) is 4.92 Å². The van der Waals surface area contributed by atoms with Crippen LogP contribution in [-0.2, 0) is 0 Å². The van der Waals surface area contributed by atoms with E-state index in [4.69, 9.17) is 5.26 Å². The van der Waals surface area contributed by atoms with Crippen LogP contribution in [0.15, 0.2) is 18.2 Å². The summed E-state index contributed by atoms with van der Waals surface area (Å²) < 4.78 is 0. The average Bonchev–Trinajstić information content (AvgIpc) is 2.38. The standard InChI is InChI=1S/C13H17N3O2/c1-2-3-4-5-8-15-12-7-6-11(10-14)13(9-12)16(17)18/h6-7,9,15H,2-5,8H2,1H3. The van der Waals surface area contributed by atoms with E-state index < -0.39 is 4.92 Å². The molecule has 1 rings (SSSR count). The summed E-state index contributed by atoms with van der Waals surface area (Å²) in [4.78, 5) is 10.2. The largest absolute Gasteiger partial charge is 0.385 e. The zero-order valence-corrected chi connectivity index (χ0v) is 10.5. The fraction of sp³-hybridized carbons (Fsp3) is 0.462. The van der Waals surface area contributed by atoms with Gasteiger partial charge < -0.3 is 5.32 Å². The van der Waals surface area contributed by atoms with Crippen molar-refractivity contribution in [3.05, 3.63) is 33.9 Å². The van der Waals surface area contributed by atoms with Crippen molar-refractivity contribution >= 4 is 11.4 Å². The monoisotopic (exact) mass is 247 g/mol. The van der Waals surface area contributed by atoms with Gasteiger partial charge in [-0.3, -0.25) is 10.1 Å². The zero-order chi connectivity index (χ0) is 13.4. The third-order valence-corrected chi connectivity index (χ3v) is 2.67. The van der Waals surface area contributed by atoms with E-state index in [1.807, 2.05) is 6.07 Å². The second kappa shape index (κ2) is 7.28. The van der Waals surface area contributed by atoms with E-state index in [0.29, 0.717) is 5.69 Å². The summed E-state index contributed by atoms with van der Waals surface area (Å²) in [6, 6.07) is 6.41. The molecule has 0 aliphatic heterocycles. The van der Waals surface area contributed by atoms with Gasteiger partial charge >= 0.3 is 0 Å². The van der Waals surface area contributed by atoms with Crippen LogP contribution in [0, 0.1) is 21.4 Å². The second-order valence-electron chi connectivity index (χ2n) is 4.09. The maximum Gasteiger partial charge on any atom is 0.289 e. The zero-order valence-electron chi connectivity index (χ0n) is 10.5. The molecule has 0 aromatic heterocycles. The number of nitriles is 1. The van der Waals surface area contributed by atoms with E-state index in [1.54, 1.807) is 6.07 Å². The van der Waals surface area contributed by atoms with E-state index in [0.717, 1.165) is 19.4 Å². The van der Waals surface area contributed by atoms with Crippen LogP contribution in [0.2, 0.25) is 0 Å². The number of benzene rings is 1. The Balaban J connectivity index is 2.60. The molecule has 1 aromatic carbocycles. The SMILES string of the molecule is CCCCCCNc1ccc(C#N)c([N+](=O)[O-])c1. The Bertz CT molecular complexity index is 452. The quantitative estimate of drug-likeness (QED) is 0.454. The fourth-order valence-corrected chi connectivity index (χ4v) is 1.67. The topological polar surface area (TPSA) is 79.0 Å². The molecule has 0 unspecified atom stereocenters. The molecule has 0 radical (unpaired) electrons. The maximum atomic E-state index is 10.8. The predicted molar refractivity (Wildman–Crippen MR) is 70.4 cm³/mol. The minimum absolute atomic E-state index is 0.0940. The molecule has 1 N–H and O–H groups in total. The van der Waals surface area contributed by atoms with E-state index in [1.165, 1.54) is 25.0 Å². The Labute approximate surface area is 107 Å². The van der Waals surface area contributed by atoms with E-state index >= 15 is 0 Å². The first kappa shape index (κ1) is 14.0. The van der Waals surface area contributed by atoms with Gasteiger partial charge in [0.1, 0.15) is 11.6 Å². The summed E-state index contributed by atoms with van der Waals surface area (Å²) in [5, 5.41) is 22.7. The lowest BCUT2D eigenvalue weighted by atomic mass is 10.1. The Morgan fingerprint density at radius 2 is 2.17 bits per heavy atom. The van der Waals surface area contributed by atoms with Crippen molar-refractivity contribution in [2.75, 3.05) is 11.9 Å². The van der Waals surface area contributed by atoms with Gasteiger partial charge in [-0.15, -0.1) is 0 Å². The lowest BCUT2D eigenvalue weighted by molar-refractivity contribution is -0.385. The lowest BCUT2D eigenvalue weighted by Gasteiger charge is -2.06. The highest BCUT2D eigenvalue weighted by molar-refractivity contribution is 5.59. The number of nitro benzene ring substituents is 1. The van der Waals surface area contributed by atoms with Crippen molar-refractivity contribution in [2.45, 2.75) is 32.6 Å². The van der Waals surface area contributed by atoms with Crippen LogP contribution in [0.5, 0.6) is 0 Å². The molecule has 5 nitrogen and oxygen atoms in total. The van der Waals surface area contributed by atoms with Crippen molar-refractivity contribution in [3.63, 3.8) is 0 Å². The Morgan fingerprint density at radius 1 is 1.39 bits per heavy atom. The maximum absolute atomic E-state index is 10.8. The van der Waals surface area contributed by atoms with Crippen LogP contribution in [0.3, 0.4) is 0 Å². The molecular formula is C13H17N3O2. The third kappa shape index (κ3) is 4.06. The van der Waals surface area contributed by atoms with Gasteiger partial charge in [0, 0.05) is 18.3 Å². The number of nitrogens with one attached hydrogen (secondary N) is 1. The highest BCUT2D eigenvalue weighted by Gasteiger charge is 2.13. The fourth-order valence-electron chi connectivity index (χ4n) is 1.67. The van der Waals surface area contributed by atoms with Gasteiger partial charge in [0.15, 0.2) is 0 Å². The molecule has 0 atom stereocenters. The molecule has 0 amide bonds. The molecule has 1 aromatic rings. The van der Waals surface area contributed by atoms with Crippen molar-refractivity contribution < 1.29 is 4.92 Å². The smallest absolute Gasteiger partial charge is 0.289 e. The number of nitrogens with zero attached hydrogens (tertiary/aromatic N) is 2. The molecule has 0 saturated carbocycles. The molecule has 0 aliphatic carbocycles. The average molecular weight is 247 g/mol. The summed E-state index contributed by atoms with van der Waals surface area (Å²) in [6.07, 6.45) is 4.58. The summed E-state index contributed by atoms with van der Waals surface area (Å²) >= 11 is 0. The van der Waals surface area contributed by atoms with Crippen LogP contribution in [0.25, 0.3) is 0 Å². The lowest BCUT2D eigenvalue weighted by Crippen LogP contribution is -2.02. The second-order valence-corrected chi connectivity index (χ2v) is 4.09. The van der Waals surface area contributed by atoms with Crippen molar-refractivity contribution in [3.8, 4) is 6.07 Å². The predicted octanol–water partition coefficient (Wildman–Crippen LogP) is 3.46. The molecule has 0 saturated heterocycles. The summed E-state index contributed by atoms with van der Waals surface area (Å²) in [7, 11) is 0. The number of rotatable bonds is 7. The van der Waals surface area contributed by atoms with E-state index in [9.17, 15) is 10.1 Å². The van der Waals surface area contributed by atoms with Gasteiger partial charge in [-0.05, 0) is 18.6 Å². The first-order valence-electron chi connectivity index (χ1n) is 6.11. The molecule has 0 bridgehead atoms. The minimum atomic E-state index is -0.527. The molecule has 96 valence electrons. The molecule has 18 heavy (non-hydrogen) atoms. The highest BCUT2D eigenvalue weighted by atomic mass is 16.6. The minimum Gasteiger partial charge on any atom is -0.385 e. The summed E-state index contributed by atoms with van der Waals surface area (Å²) in [6.45, 7) is 2.94. The first-order valence-corrected chi connectivity index (χ1v) is 6.11. The van der Waals surface area contributed by atoms with Crippen molar-refractivity contribution in [2.24, 2.45) is 0 Å². The van der Waals surface area contributed by atoms with Gasteiger partial charge in [-0.2, -0.15) is 5.26 Å². The van der Waals surface area contributed by atoms with Crippen LogP contribution >= 0.6 is 0 Å². The van der Waals surface area contributed by atoms with Gasteiger partial charge in [0.2, 0.25) is 0 Å². The van der Waals surface area contributed by atoms with Crippen molar-refractivity contribution in [1.29, 1.82) is 5.26 Å². The number of nitro groups is 1.